The van der Waals surface area contributed by atoms with Crippen molar-refractivity contribution in [3.8, 4) is 11.5 Å². The molecule has 2 N–H and O–H groups in total. The highest BCUT2D eigenvalue weighted by Crippen LogP contribution is 2.43. The van der Waals surface area contributed by atoms with Gasteiger partial charge in [-0.2, -0.15) is 0 Å². The third-order valence-corrected chi connectivity index (χ3v) is 3.98. The molecule has 0 amide bonds. The average molecular weight is 279 g/mol. The zero-order chi connectivity index (χ0) is 15.0. The van der Waals surface area contributed by atoms with Gasteiger partial charge in [-0.3, -0.25) is 0 Å². The Balaban J connectivity index is 2.29. The van der Waals surface area contributed by atoms with Crippen LogP contribution in [-0.2, 0) is 4.74 Å². The molecule has 20 heavy (non-hydrogen) atoms. The molecule has 2 unspecified atom stereocenters. The highest BCUT2D eigenvalue weighted by Gasteiger charge is 2.40. The molecule has 0 saturated carbocycles. The van der Waals surface area contributed by atoms with Crippen LogP contribution >= 0.6 is 0 Å². The summed E-state index contributed by atoms with van der Waals surface area (Å²) in [5, 5.41) is 0. The highest BCUT2D eigenvalue weighted by molar-refractivity contribution is 5.44. The lowest BCUT2D eigenvalue weighted by atomic mass is 9.82. The summed E-state index contributed by atoms with van der Waals surface area (Å²) in [7, 11) is 3.38. The lowest BCUT2D eigenvalue weighted by molar-refractivity contribution is -0.0580. The first-order valence-corrected chi connectivity index (χ1v) is 6.96. The zero-order valence-electron chi connectivity index (χ0n) is 13.0. The Hall–Kier alpha value is -1.26. The van der Waals surface area contributed by atoms with Gasteiger partial charge in [-0.15, -0.1) is 0 Å². The van der Waals surface area contributed by atoms with Gasteiger partial charge in [-0.1, -0.05) is 6.07 Å². The topological polar surface area (TPSA) is 53.7 Å². The van der Waals surface area contributed by atoms with Gasteiger partial charge in [-0.25, -0.2) is 0 Å². The fourth-order valence-electron chi connectivity index (χ4n) is 3.00. The van der Waals surface area contributed by atoms with Gasteiger partial charge in [-0.05, 0) is 26.8 Å². The molecular formula is C16H25NO3. The van der Waals surface area contributed by atoms with Gasteiger partial charge in [0.25, 0.3) is 0 Å². The SMILES string of the molecule is COc1ccc2c(c1)OC(C)(CC(C)(C)OC)CC2N. The Kier molecular flexibility index (Phi) is 3.98. The first kappa shape index (κ1) is 15.1. The van der Waals surface area contributed by atoms with Crippen LogP contribution in [0.5, 0.6) is 11.5 Å². The Morgan fingerprint density at radius 3 is 2.70 bits per heavy atom. The van der Waals surface area contributed by atoms with E-state index < -0.39 is 0 Å². The van der Waals surface area contributed by atoms with Gasteiger partial charge in [0.05, 0.1) is 12.7 Å². The molecule has 112 valence electrons. The molecule has 0 saturated heterocycles. The first-order valence-electron chi connectivity index (χ1n) is 6.96. The van der Waals surface area contributed by atoms with Crippen LogP contribution in [0.3, 0.4) is 0 Å². The second-order valence-electron chi connectivity index (χ2n) is 6.41. The molecule has 0 bridgehead atoms. The molecule has 4 heteroatoms. The minimum Gasteiger partial charge on any atom is -0.497 e. The van der Waals surface area contributed by atoms with Gasteiger partial charge in [0.1, 0.15) is 17.1 Å². The maximum atomic E-state index is 6.31. The molecule has 0 radical (unpaired) electrons. The third kappa shape index (κ3) is 3.07. The van der Waals surface area contributed by atoms with Crippen LogP contribution in [0.2, 0.25) is 0 Å². The zero-order valence-corrected chi connectivity index (χ0v) is 13.0. The molecule has 1 aliphatic rings. The highest BCUT2D eigenvalue weighted by atomic mass is 16.5. The van der Waals surface area contributed by atoms with Crippen molar-refractivity contribution >= 4 is 0 Å². The fraction of sp³-hybridized carbons (Fsp3) is 0.625. The number of hydrogen-bond acceptors (Lipinski definition) is 4. The van der Waals surface area contributed by atoms with Crippen molar-refractivity contribution in [1.29, 1.82) is 0 Å². The number of benzene rings is 1. The van der Waals surface area contributed by atoms with Gasteiger partial charge in [0, 0.05) is 37.6 Å². The second kappa shape index (κ2) is 5.26. The average Bonchev–Trinajstić information content (AvgIpc) is 2.36. The van der Waals surface area contributed by atoms with Crippen LogP contribution in [0.1, 0.15) is 45.2 Å². The van der Waals surface area contributed by atoms with Crippen molar-refractivity contribution < 1.29 is 14.2 Å². The van der Waals surface area contributed by atoms with E-state index in [-0.39, 0.29) is 17.2 Å². The summed E-state index contributed by atoms with van der Waals surface area (Å²) in [5.74, 6) is 1.60. The quantitative estimate of drug-likeness (QED) is 0.920. The van der Waals surface area contributed by atoms with E-state index in [0.29, 0.717) is 0 Å². The van der Waals surface area contributed by atoms with E-state index in [2.05, 4.69) is 20.8 Å². The van der Waals surface area contributed by atoms with Crippen LogP contribution in [0, 0.1) is 0 Å². The summed E-state index contributed by atoms with van der Waals surface area (Å²) >= 11 is 0. The van der Waals surface area contributed by atoms with Crippen molar-refractivity contribution in [2.24, 2.45) is 5.73 Å². The van der Waals surface area contributed by atoms with Gasteiger partial charge >= 0.3 is 0 Å². The van der Waals surface area contributed by atoms with Crippen molar-refractivity contribution in [3.05, 3.63) is 23.8 Å². The number of methoxy groups -OCH3 is 2. The van der Waals surface area contributed by atoms with Gasteiger partial charge < -0.3 is 19.9 Å². The predicted molar refractivity (Wildman–Crippen MR) is 79.3 cm³/mol. The molecule has 0 aliphatic carbocycles. The smallest absolute Gasteiger partial charge is 0.128 e. The lowest BCUT2D eigenvalue weighted by Crippen LogP contribution is -2.45. The minimum atomic E-state index is -0.335. The summed E-state index contributed by atoms with van der Waals surface area (Å²) in [6.45, 7) is 6.22. The lowest BCUT2D eigenvalue weighted by Gasteiger charge is -2.42. The number of nitrogens with two attached hydrogens (primary N) is 1. The van der Waals surface area contributed by atoms with E-state index in [1.165, 1.54) is 0 Å². The molecule has 1 aliphatic heterocycles. The summed E-state index contributed by atoms with van der Waals surface area (Å²) in [6, 6.07) is 5.79. The van der Waals surface area contributed by atoms with Crippen LogP contribution in [0.25, 0.3) is 0 Å². The monoisotopic (exact) mass is 279 g/mol. The number of fused-ring (bicyclic) bond motifs is 1. The number of rotatable bonds is 4. The molecule has 0 aromatic heterocycles. The van der Waals surface area contributed by atoms with E-state index in [1.54, 1.807) is 14.2 Å². The Labute approximate surface area is 121 Å². The second-order valence-corrected chi connectivity index (χ2v) is 6.41. The maximum Gasteiger partial charge on any atom is 0.128 e. The third-order valence-electron chi connectivity index (χ3n) is 3.98. The number of hydrogen-bond donors (Lipinski definition) is 1. The van der Waals surface area contributed by atoms with Crippen LogP contribution < -0.4 is 15.2 Å². The minimum absolute atomic E-state index is 0.0256. The fourth-order valence-corrected chi connectivity index (χ4v) is 3.00. The molecule has 0 fully saturated rings. The Bertz CT molecular complexity index is 487. The molecule has 1 aromatic rings. The molecule has 1 heterocycles. The first-order chi connectivity index (χ1) is 9.28. The summed E-state index contributed by atoms with van der Waals surface area (Å²) < 4.78 is 17.0. The molecule has 1 aromatic carbocycles. The van der Waals surface area contributed by atoms with Crippen molar-refractivity contribution in [2.75, 3.05) is 14.2 Å². The molecule has 2 rings (SSSR count). The predicted octanol–water partition coefficient (Wildman–Crippen LogP) is 3.05. The molecule has 0 spiro atoms. The van der Waals surface area contributed by atoms with Crippen molar-refractivity contribution in [1.82, 2.24) is 0 Å². The van der Waals surface area contributed by atoms with Crippen LogP contribution in [0.15, 0.2) is 18.2 Å². The largest absolute Gasteiger partial charge is 0.497 e. The van der Waals surface area contributed by atoms with E-state index in [4.69, 9.17) is 19.9 Å². The van der Waals surface area contributed by atoms with E-state index in [0.717, 1.165) is 29.9 Å². The van der Waals surface area contributed by atoms with Crippen LogP contribution in [-0.4, -0.2) is 25.4 Å². The van der Waals surface area contributed by atoms with E-state index in [1.807, 2.05) is 18.2 Å². The van der Waals surface area contributed by atoms with Crippen LogP contribution in [0.4, 0.5) is 0 Å². The summed E-state index contributed by atoms with van der Waals surface area (Å²) in [4.78, 5) is 0. The normalized spacial score (nSPS) is 25.8. The number of ether oxygens (including phenoxy) is 3. The van der Waals surface area contributed by atoms with Gasteiger partial charge in [0.15, 0.2) is 0 Å². The summed E-state index contributed by atoms with van der Waals surface area (Å²) in [6.07, 6.45) is 1.56. The Morgan fingerprint density at radius 2 is 2.10 bits per heavy atom. The maximum absolute atomic E-state index is 6.31. The van der Waals surface area contributed by atoms with Crippen molar-refractivity contribution in [2.45, 2.75) is 50.9 Å². The van der Waals surface area contributed by atoms with E-state index >= 15 is 0 Å². The molecule has 2 atom stereocenters. The van der Waals surface area contributed by atoms with Crippen molar-refractivity contribution in [3.63, 3.8) is 0 Å². The van der Waals surface area contributed by atoms with E-state index in [9.17, 15) is 0 Å². The molecule has 4 nitrogen and oxygen atoms in total. The summed E-state index contributed by atoms with van der Waals surface area (Å²) in [5.41, 5.74) is 6.77. The molecular weight excluding hydrogens is 254 g/mol. The van der Waals surface area contributed by atoms with Gasteiger partial charge in [0.2, 0.25) is 0 Å². The standard InChI is InChI=1S/C16H25NO3/c1-15(2,19-5)10-16(3)9-13(17)12-7-6-11(18-4)8-14(12)20-16/h6-8,13H,9-10,17H2,1-5H3. The Morgan fingerprint density at radius 1 is 1.40 bits per heavy atom.